The van der Waals surface area contributed by atoms with Gasteiger partial charge in [-0.2, -0.15) is 36.4 Å². The van der Waals surface area contributed by atoms with E-state index in [-0.39, 0.29) is 21.7 Å². The summed E-state index contributed by atoms with van der Waals surface area (Å²) < 4.78 is 0. The summed E-state index contributed by atoms with van der Waals surface area (Å²) in [5, 5.41) is 0. The Morgan fingerprint density at radius 3 is 0.941 bits per heavy atom. The van der Waals surface area contributed by atoms with Gasteiger partial charge in [-0.1, -0.05) is 0 Å². The van der Waals surface area contributed by atoms with Crippen LogP contribution >= 0.6 is 0 Å². The first-order chi connectivity index (χ1) is 7.83. The van der Waals surface area contributed by atoms with E-state index in [0.29, 0.717) is 0 Å². The predicted octanol–water partition coefficient (Wildman–Crippen LogP) is 4.00. The van der Waals surface area contributed by atoms with Crippen LogP contribution in [0.2, 0.25) is 0 Å². The van der Waals surface area contributed by atoms with Crippen LogP contribution in [0.3, 0.4) is 0 Å². The van der Waals surface area contributed by atoms with Gasteiger partial charge in [0.1, 0.15) is 0 Å². The van der Waals surface area contributed by atoms with E-state index in [0.717, 1.165) is 0 Å². The Morgan fingerprint density at radius 2 is 0.882 bits per heavy atom. The van der Waals surface area contributed by atoms with Crippen LogP contribution in [-0.2, 0) is 21.7 Å². The number of hydrogen-bond acceptors (Lipinski definition) is 0. The maximum absolute atomic E-state index is 5.96. The maximum Gasteiger partial charge on any atom is 0 e. The van der Waals surface area contributed by atoms with Crippen molar-refractivity contribution in [2.24, 2.45) is 0 Å². The summed E-state index contributed by atoms with van der Waals surface area (Å²) in [5.41, 5.74) is 0. The van der Waals surface area contributed by atoms with E-state index in [1.807, 2.05) is 72.5 Å². The van der Waals surface area contributed by atoms with E-state index in [4.69, 9.17) is 12.8 Å². The number of rotatable bonds is 0. The van der Waals surface area contributed by atoms with Gasteiger partial charge in [0.2, 0.25) is 0 Å². The monoisotopic (exact) mass is 256 g/mol. The molecule has 17 heavy (non-hydrogen) atoms. The van der Waals surface area contributed by atoms with Crippen LogP contribution in [0.15, 0.2) is 60.7 Å². The van der Waals surface area contributed by atoms with Crippen LogP contribution < -0.4 is 0 Å². The van der Waals surface area contributed by atoms with Crippen LogP contribution in [0.1, 0.15) is 13.8 Å². The van der Waals surface area contributed by atoms with Crippen molar-refractivity contribution in [1.29, 1.82) is 0 Å². The summed E-state index contributed by atoms with van der Waals surface area (Å²) in [4.78, 5) is 0. The Balaban J connectivity index is -0.000000157. The first-order valence-electron chi connectivity index (χ1n) is 4.83. The summed E-state index contributed by atoms with van der Waals surface area (Å²) in [6.07, 6.45) is 11.9. The average molecular weight is 256 g/mol. The maximum atomic E-state index is 5.96. The zero-order chi connectivity index (χ0) is 12.5. The zero-order valence-corrected chi connectivity index (χ0v) is 11.8. The van der Waals surface area contributed by atoms with Gasteiger partial charge in [-0.15, -0.1) is 0 Å². The van der Waals surface area contributed by atoms with Crippen molar-refractivity contribution >= 4 is 0 Å². The Labute approximate surface area is 121 Å². The third-order valence-electron chi connectivity index (χ3n) is 1.11. The van der Waals surface area contributed by atoms with Crippen LogP contribution in [0.4, 0.5) is 0 Å². The molecule has 0 N–H and O–H groups in total. The molecule has 1 heteroatoms. The van der Waals surface area contributed by atoms with E-state index >= 15 is 0 Å². The van der Waals surface area contributed by atoms with Gasteiger partial charge in [0.25, 0.3) is 0 Å². The molecule has 0 aliphatic rings. The van der Waals surface area contributed by atoms with Crippen molar-refractivity contribution < 1.29 is 21.7 Å². The summed E-state index contributed by atoms with van der Waals surface area (Å²) >= 11 is 0. The second-order valence-electron chi connectivity index (χ2n) is 2.42. The summed E-state index contributed by atoms with van der Waals surface area (Å²) in [7, 11) is 0. The van der Waals surface area contributed by atoms with E-state index in [2.05, 4.69) is 0 Å². The standard InChI is InChI=1S/2C5H5.2C3H3.Ti/c2*1-2-4-5-3-1;2*1-3-2;/h2*1-5H;2*1H3;/q4*-1;. The molecule has 0 amide bonds. The molecule has 0 radical (unpaired) electrons. The van der Waals surface area contributed by atoms with E-state index in [1.54, 1.807) is 13.8 Å². The van der Waals surface area contributed by atoms with Crippen molar-refractivity contribution in [3.05, 3.63) is 73.5 Å². The molecular formula is C16H16Ti-4. The molecule has 0 aromatic heterocycles. The van der Waals surface area contributed by atoms with E-state index in [1.165, 1.54) is 0 Å². The van der Waals surface area contributed by atoms with Gasteiger partial charge in [-0.25, -0.2) is 24.3 Å². The second-order valence-corrected chi connectivity index (χ2v) is 2.42. The van der Waals surface area contributed by atoms with Crippen molar-refractivity contribution in [2.45, 2.75) is 13.8 Å². The minimum atomic E-state index is 0. The van der Waals surface area contributed by atoms with Gasteiger partial charge in [0.05, 0.1) is 0 Å². The van der Waals surface area contributed by atoms with Gasteiger partial charge < -0.3 is 24.7 Å². The van der Waals surface area contributed by atoms with Crippen molar-refractivity contribution in [3.8, 4) is 11.8 Å². The minimum absolute atomic E-state index is 0. The van der Waals surface area contributed by atoms with Gasteiger partial charge in [0, 0.05) is 21.7 Å². The molecule has 2 aromatic carbocycles. The quantitative estimate of drug-likeness (QED) is 0.379. The fourth-order valence-corrected chi connectivity index (χ4v) is 0.642. The third-order valence-corrected chi connectivity index (χ3v) is 1.11. The molecule has 0 spiro atoms. The third kappa shape index (κ3) is 31.4. The molecule has 0 aliphatic heterocycles. The number of hydrogen-bond donors (Lipinski definition) is 0. The fraction of sp³-hybridized carbons (Fsp3) is 0.125. The van der Waals surface area contributed by atoms with E-state index in [9.17, 15) is 0 Å². The van der Waals surface area contributed by atoms with Gasteiger partial charge in [-0.3, -0.25) is 0 Å². The topological polar surface area (TPSA) is 0 Å². The normalized spacial score (nSPS) is 5.65. The van der Waals surface area contributed by atoms with Gasteiger partial charge >= 0.3 is 0 Å². The van der Waals surface area contributed by atoms with Gasteiger partial charge in [-0.05, 0) is 13.8 Å². The smallest absolute Gasteiger partial charge is 0 e. The predicted molar refractivity (Wildman–Crippen MR) is 69.7 cm³/mol. The Hall–Kier alpha value is -1.47. The second kappa shape index (κ2) is 24.0. The van der Waals surface area contributed by atoms with Crippen LogP contribution in [0.5, 0.6) is 0 Å². The minimum Gasteiger partial charge on any atom is -0.694 e. The molecule has 0 saturated carbocycles. The molecule has 88 valence electrons. The molecule has 0 unspecified atom stereocenters. The Morgan fingerprint density at radius 1 is 0.706 bits per heavy atom. The molecular weight excluding hydrogens is 240 g/mol. The SMILES string of the molecule is [C-]#CC.[C-]#CC.[Ti].c1cc[cH-]c1.c1cc[cH-]c1. The van der Waals surface area contributed by atoms with Crippen molar-refractivity contribution in [3.63, 3.8) is 0 Å². The Bertz CT molecular complexity index is 268. The summed E-state index contributed by atoms with van der Waals surface area (Å²) in [5.74, 6) is 4.00. The molecule has 0 atom stereocenters. The van der Waals surface area contributed by atoms with Crippen LogP contribution in [-0.4, -0.2) is 0 Å². The molecule has 0 heterocycles. The van der Waals surface area contributed by atoms with Crippen LogP contribution in [0.25, 0.3) is 0 Å². The summed E-state index contributed by atoms with van der Waals surface area (Å²) in [6.45, 7) is 3.08. The molecule has 2 rings (SSSR count). The molecule has 0 saturated heterocycles. The molecule has 0 bridgehead atoms. The molecule has 0 fully saturated rings. The molecule has 0 nitrogen and oxygen atoms in total. The summed E-state index contributed by atoms with van der Waals surface area (Å²) in [6, 6.07) is 20.0. The van der Waals surface area contributed by atoms with Crippen LogP contribution in [0, 0.1) is 24.7 Å². The first kappa shape index (κ1) is 20.9. The van der Waals surface area contributed by atoms with Crippen molar-refractivity contribution in [2.75, 3.05) is 0 Å². The first-order valence-corrected chi connectivity index (χ1v) is 4.83. The average Bonchev–Trinajstić information content (AvgIpc) is 3.00. The molecule has 2 aromatic rings. The van der Waals surface area contributed by atoms with Gasteiger partial charge in [0.15, 0.2) is 0 Å². The van der Waals surface area contributed by atoms with Crippen molar-refractivity contribution in [1.82, 2.24) is 0 Å². The largest absolute Gasteiger partial charge is 0.694 e. The fourth-order valence-electron chi connectivity index (χ4n) is 0.642. The Kier molecular flexibility index (Phi) is 29.5. The molecule has 0 aliphatic carbocycles. The zero-order valence-electron chi connectivity index (χ0n) is 10.3. The van der Waals surface area contributed by atoms with E-state index < -0.39 is 0 Å².